The average molecular weight is 544 g/mol. The molecule has 3 aromatic rings. The minimum atomic E-state index is -3.56. The van der Waals surface area contributed by atoms with Crippen LogP contribution in [0.5, 0.6) is 11.5 Å². The fourth-order valence-corrected chi connectivity index (χ4v) is 5.16. The van der Waals surface area contributed by atoms with Crippen LogP contribution in [0.2, 0.25) is 0 Å². The Bertz CT molecular complexity index is 1240. The predicted octanol–water partition coefficient (Wildman–Crippen LogP) is 4.68. The summed E-state index contributed by atoms with van der Waals surface area (Å²) in [6.07, 6.45) is 2.98. The standard InChI is InChI=1S/C28H33NO6S2/c1-29(2)24-10-8-22(9-11-24)17-19-36-27(28(30)31)20-23-6-4-21(5-7-23)16-18-34-25-12-14-26(15-13-25)35-37(3,32)33/h4-15,27H,16-20H2,1-3H3,(H,30,31). The summed E-state index contributed by atoms with van der Waals surface area (Å²) >= 11 is 1.48. The van der Waals surface area contributed by atoms with E-state index in [2.05, 4.69) is 29.2 Å². The molecular formula is C28H33NO6S2. The Morgan fingerprint density at radius 3 is 1.97 bits per heavy atom. The second kappa shape index (κ2) is 13.4. The molecule has 0 saturated heterocycles. The van der Waals surface area contributed by atoms with Gasteiger partial charge in [0.25, 0.3) is 0 Å². The van der Waals surface area contributed by atoms with Crippen molar-refractivity contribution < 1.29 is 27.2 Å². The van der Waals surface area contributed by atoms with Crippen molar-refractivity contribution in [3.63, 3.8) is 0 Å². The lowest BCUT2D eigenvalue weighted by molar-refractivity contribution is -0.136. The molecule has 198 valence electrons. The fraction of sp³-hybridized carbons (Fsp3) is 0.321. The number of hydrogen-bond acceptors (Lipinski definition) is 7. The van der Waals surface area contributed by atoms with Gasteiger partial charge in [0.1, 0.15) is 16.7 Å². The van der Waals surface area contributed by atoms with E-state index in [9.17, 15) is 18.3 Å². The number of rotatable bonds is 14. The molecule has 3 aromatic carbocycles. The van der Waals surface area contributed by atoms with E-state index in [1.165, 1.54) is 17.3 Å². The molecule has 1 unspecified atom stereocenters. The van der Waals surface area contributed by atoms with E-state index < -0.39 is 21.3 Å². The van der Waals surface area contributed by atoms with Gasteiger partial charge in [-0.15, -0.1) is 11.8 Å². The van der Waals surface area contributed by atoms with Gasteiger partial charge in [0.15, 0.2) is 0 Å². The van der Waals surface area contributed by atoms with E-state index in [0.29, 0.717) is 25.2 Å². The molecule has 3 rings (SSSR count). The van der Waals surface area contributed by atoms with Gasteiger partial charge in [-0.3, -0.25) is 4.79 Å². The Balaban J connectivity index is 1.43. The normalized spacial score (nSPS) is 12.1. The highest BCUT2D eigenvalue weighted by molar-refractivity contribution is 8.00. The van der Waals surface area contributed by atoms with E-state index in [0.717, 1.165) is 35.2 Å². The van der Waals surface area contributed by atoms with Crippen LogP contribution in [0.4, 0.5) is 5.69 Å². The maximum Gasteiger partial charge on any atom is 0.316 e. The van der Waals surface area contributed by atoms with Crippen LogP contribution in [0.1, 0.15) is 16.7 Å². The largest absolute Gasteiger partial charge is 0.493 e. The molecule has 9 heteroatoms. The van der Waals surface area contributed by atoms with Crippen molar-refractivity contribution in [3.8, 4) is 11.5 Å². The molecule has 0 aliphatic carbocycles. The van der Waals surface area contributed by atoms with Crippen LogP contribution in [0.15, 0.2) is 72.8 Å². The zero-order valence-corrected chi connectivity index (χ0v) is 22.9. The van der Waals surface area contributed by atoms with Crippen molar-refractivity contribution in [2.24, 2.45) is 0 Å². The molecule has 37 heavy (non-hydrogen) atoms. The highest BCUT2D eigenvalue weighted by Gasteiger charge is 2.18. The maximum atomic E-state index is 11.8. The number of carbonyl (C=O) groups is 1. The summed E-state index contributed by atoms with van der Waals surface area (Å²) in [5.74, 6) is 0.808. The number of anilines is 1. The Labute approximate surface area is 223 Å². The molecule has 1 N–H and O–H groups in total. The number of carboxylic acid groups (broad SMARTS) is 1. The van der Waals surface area contributed by atoms with Crippen LogP contribution in [-0.4, -0.2) is 57.5 Å². The molecule has 0 spiro atoms. The quantitative estimate of drug-likeness (QED) is 0.293. The summed E-state index contributed by atoms with van der Waals surface area (Å²) in [6.45, 7) is 0.453. The smallest absolute Gasteiger partial charge is 0.316 e. The highest BCUT2D eigenvalue weighted by Crippen LogP contribution is 2.21. The van der Waals surface area contributed by atoms with E-state index in [-0.39, 0.29) is 5.75 Å². The van der Waals surface area contributed by atoms with Gasteiger partial charge in [0.2, 0.25) is 0 Å². The molecule has 7 nitrogen and oxygen atoms in total. The van der Waals surface area contributed by atoms with Crippen LogP contribution in [0.3, 0.4) is 0 Å². The molecule has 0 bridgehead atoms. The molecule has 0 heterocycles. The lowest BCUT2D eigenvalue weighted by Gasteiger charge is -2.14. The molecule has 1 atom stereocenters. The lowest BCUT2D eigenvalue weighted by Crippen LogP contribution is -2.20. The molecule has 0 radical (unpaired) electrons. The van der Waals surface area contributed by atoms with Crippen LogP contribution in [-0.2, 0) is 34.2 Å². The zero-order chi connectivity index (χ0) is 26.8. The highest BCUT2D eigenvalue weighted by atomic mass is 32.2. The SMILES string of the molecule is CN(C)c1ccc(CCSC(Cc2ccc(CCOc3ccc(OS(C)(=O)=O)cc3)cc2)C(=O)O)cc1. The van der Waals surface area contributed by atoms with Crippen molar-refractivity contribution in [1.29, 1.82) is 0 Å². The van der Waals surface area contributed by atoms with Crippen molar-refractivity contribution in [3.05, 3.63) is 89.5 Å². The van der Waals surface area contributed by atoms with E-state index >= 15 is 0 Å². The minimum absolute atomic E-state index is 0.238. The van der Waals surface area contributed by atoms with Gasteiger partial charge >= 0.3 is 16.1 Å². The fourth-order valence-electron chi connectivity index (χ4n) is 3.61. The van der Waals surface area contributed by atoms with Gasteiger partial charge in [0, 0.05) is 26.2 Å². The number of aliphatic carboxylic acids is 1. The number of ether oxygens (including phenoxy) is 1. The van der Waals surface area contributed by atoms with Crippen LogP contribution >= 0.6 is 11.8 Å². The number of aryl methyl sites for hydroxylation is 1. The number of thioether (sulfide) groups is 1. The molecule has 0 fully saturated rings. The number of carboxylic acids is 1. The van der Waals surface area contributed by atoms with Crippen LogP contribution in [0.25, 0.3) is 0 Å². The second-order valence-corrected chi connectivity index (χ2v) is 11.8. The van der Waals surface area contributed by atoms with Crippen LogP contribution < -0.4 is 13.8 Å². The lowest BCUT2D eigenvalue weighted by atomic mass is 10.1. The summed E-state index contributed by atoms with van der Waals surface area (Å²) in [5.41, 5.74) is 4.42. The Morgan fingerprint density at radius 2 is 1.41 bits per heavy atom. The first kappa shape index (κ1) is 28.4. The molecule has 0 aliphatic rings. The third kappa shape index (κ3) is 10.0. The molecular weight excluding hydrogens is 510 g/mol. The van der Waals surface area contributed by atoms with Gasteiger partial charge in [-0.2, -0.15) is 8.42 Å². The van der Waals surface area contributed by atoms with Gasteiger partial charge in [-0.25, -0.2) is 0 Å². The number of hydrogen-bond donors (Lipinski definition) is 1. The first-order valence-electron chi connectivity index (χ1n) is 11.9. The van der Waals surface area contributed by atoms with Crippen molar-refractivity contribution in [1.82, 2.24) is 0 Å². The summed E-state index contributed by atoms with van der Waals surface area (Å²) in [7, 11) is 0.454. The third-order valence-electron chi connectivity index (χ3n) is 5.61. The summed E-state index contributed by atoms with van der Waals surface area (Å²) in [4.78, 5) is 13.9. The van der Waals surface area contributed by atoms with Gasteiger partial charge in [0.05, 0.1) is 12.9 Å². The molecule has 0 aromatic heterocycles. The number of nitrogens with zero attached hydrogens (tertiary/aromatic N) is 1. The third-order valence-corrected chi connectivity index (χ3v) is 7.32. The van der Waals surface area contributed by atoms with Crippen molar-refractivity contribution in [2.75, 3.05) is 37.6 Å². The zero-order valence-electron chi connectivity index (χ0n) is 21.3. The predicted molar refractivity (Wildman–Crippen MR) is 150 cm³/mol. The summed E-state index contributed by atoms with van der Waals surface area (Å²) in [5, 5.41) is 9.20. The van der Waals surface area contributed by atoms with Crippen molar-refractivity contribution in [2.45, 2.75) is 24.5 Å². The summed E-state index contributed by atoms with van der Waals surface area (Å²) < 4.78 is 32.9. The molecule has 0 aliphatic heterocycles. The monoisotopic (exact) mass is 543 g/mol. The number of benzene rings is 3. The van der Waals surface area contributed by atoms with E-state index in [1.54, 1.807) is 24.3 Å². The second-order valence-electron chi connectivity index (χ2n) is 8.89. The topological polar surface area (TPSA) is 93.1 Å². The van der Waals surface area contributed by atoms with Gasteiger partial charge in [-0.05, 0) is 71.7 Å². The molecule has 0 saturated carbocycles. The first-order valence-corrected chi connectivity index (χ1v) is 14.8. The molecule has 0 amide bonds. The van der Waals surface area contributed by atoms with E-state index in [4.69, 9.17) is 8.92 Å². The first-order chi connectivity index (χ1) is 17.6. The maximum absolute atomic E-state index is 11.8. The Hall–Kier alpha value is -3.17. The van der Waals surface area contributed by atoms with Gasteiger partial charge < -0.3 is 18.9 Å². The van der Waals surface area contributed by atoms with Crippen LogP contribution in [0, 0.1) is 0 Å². The van der Waals surface area contributed by atoms with Gasteiger partial charge in [-0.1, -0.05) is 36.4 Å². The Morgan fingerprint density at radius 1 is 0.865 bits per heavy atom. The average Bonchev–Trinajstić information content (AvgIpc) is 2.85. The van der Waals surface area contributed by atoms with E-state index in [1.807, 2.05) is 38.4 Å². The Kier molecular flexibility index (Phi) is 10.3. The van der Waals surface area contributed by atoms with Crippen molar-refractivity contribution >= 4 is 33.5 Å². The minimum Gasteiger partial charge on any atom is -0.493 e. The summed E-state index contributed by atoms with van der Waals surface area (Å²) in [6, 6.07) is 22.7.